The average molecular weight is 437 g/mol. The van der Waals surface area contributed by atoms with Crippen LogP contribution in [0.1, 0.15) is 65.9 Å². The maximum atomic E-state index is 14.6. The van der Waals surface area contributed by atoms with Crippen LogP contribution in [0.3, 0.4) is 0 Å². The summed E-state index contributed by atoms with van der Waals surface area (Å²) < 4.78 is 21.9. The number of para-hydroxylation sites is 1. The van der Waals surface area contributed by atoms with Gasteiger partial charge >= 0.3 is 5.97 Å². The van der Waals surface area contributed by atoms with Gasteiger partial charge in [0.1, 0.15) is 11.6 Å². The van der Waals surface area contributed by atoms with Gasteiger partial charge in [-0.05, 0) is 50.5 Å². The van der Waals surface area contributed by atoms with Gasteiger partial charge in [-0.15, -0.1) is 0 Å². The first-order valence-corrected chi connectivity index (χ1v) is 10.9. The summed E-state index contributed by atoms with van der Waals surface area (Å²) in [5.74, 6) is -0.848. The van der Waals surface area contributed by atoms with Crippen molar-refractivity contribution in [3.63, 3.8) is 0 Å². The number of carboxylic acids is 1. The topological polar surface area (TPSA) is 93.5 Å². The molecule has 7 nitrogen and oxygen atoms in total. The van der Waals surface area contributed by atoms with E-state index in [1.807, 2.05) is 0 Å². The quantitative estimate of drug-likeness (QED) is 0.599. The van der Waals surface area contributed by atoms with Gasteiger partial charge in [0.25, 0.3) is 5.56 Å². The van der Waals surface area contributed by atoms with Gasteiger partial charge in [-0.3, -0.25) is 9.36 Å². The molecule has 0 amide bonds. The number of nitrogens with zero attached hydrogens (tertiary/aromatic N) is 2. The Bertz CT molecular complexity index is 1260. The summed E-state index contributed by atoms with van der Waals surface area (Å²) in [6, 6.07) is 8.79. The number of carbonyl (C=O) groups is 1. The summed E-state index contributed by atoms with van der Waals surface area (Å²) in [5, 5.41) is 12.9. The van der Waals surface area contributed by atoms with Crippen LogP contribution < -0.4 is 10.9 Å². The highest BCUT2D eigenvalue weighted by molar-refractivity contribution is 5.94. The lowest BCUT2D eigenvalue weighted by Gasteiger charge is -2.21. The number of fused-ring (bicyclic) bond motifs is 1. The maximum absolute atomic E-state index is 14.6. The number of benzene rings is 2. The molecular weight excluding hydrogens is 413 g/mol. The van der Waals surface area contributed by atoms with E-state index >= 15 is 0 Å². The number of nitrogens with one attached hydrogen (secondary N) is 1. The molecule has 2 aromatic carbocycles. The maximum Gasteiger partial charge on any atom is 0.337 e. The molecule has 166 valence electrons. The molecule has 2 fully saturated rings. The van der Waals surface area contributed by atoms with Crippen LogP contribution >= 0.6 is 0 Å². The Morgan fingerprint density at radius 2 is 2.06 bits per heavy atom. The van der Waals surface area contributed by atoms with E-state index in [4.69, 9.17) is 9.72 Å². The lowest BCUT2D eigenvalue weighted by molar-refractivity contribution is 0.0698. The molecule has 2 heterocycles. The lowest BCUT2D eigenvalue weighted by Crippen LogP contribution is -2.27. The Balaban J connectivity index is 1.65. The van der Waals surface area contributed by atoms with E-state index in [9.17, 15) is 19.1 Å². The molecule has 0 spiro atoms. The summed E-state index contributed by atoms with van der Waals surface area (Å²) in [6.07, 6.45) is 2.63. The van der Waals surface area contributed by atoms with Gasteiger partial charge < -0.3 is 15.2 Å². The minimum Gasteiger partial charge on any atom is -0.478 e. The minimum absolute atomic E-state index is 0.0293. The van der Waals surface area contributed by atoms with Crippen molar-refractivity contribution in [1.29, 1.82) is 0 Å². The number of aromatic nitrogens is 2. The van der Waals surface area contributed by atoms with Gasteiger partial charge in [-0.25, -0.2) is 14.2 Å². The van der Waals surface area contributed by atoms with E-state index in [1.165, 1.54) is 18.2 Å². The smallest absolute Gasteiger partial charge is 0.337 e. The van der Waals surface area contributed by atoms with Crippen LogP contribution in [0.2, 0.25) is 0 Å². The molecule has 1 unspecified atom stereocenters. The van der Waals surface area contributed by atoms with E-state index in [0.29, 0.717) is 35.8 Å². The third-order valence-electron chi connectivity index (χ3n) is 6.23. The van der Waals surface area contributed by atoms with Crippen molar-refractivity contribution in [2.45, 2.75) is 44.2 Å². The van der Waals surface area contributed by atoms with E-state index < -0.39 is 17.8 Å². The van der Waals surface area contributed by atoms with Crippen molar-refractivity contribution in [3.05, 3.63) is 69.5 Å². The minimum atomic E-state index is -1.06. The zero-order valence-electron chi connectivity index (χ0n) is 17.7. The van der Waals surface area contributed by atoms with Crippen LogP contribution in [0, 0.1) is 5.82 Å². The standard InChI is InChI=1S/C24H24FN3O4/c1-13(26-20-5-3-2-4-17(20)24(30)31)18-10-15(25)11-19-21(18)27-22(14-8-9-32-12-14)28(23(19)29)16-6-7-16/h2-5,10-11,13-14,16,26H,6-9,12H2,1H3,(H,30,31)/t13?,14-/m1/s1. The highest BCUT2D eigenvalue weighted by atomic mass is 19.1. The van der Waals surface area contributed by atoms with Crippen molar-refractivity contribution in [1.82, 2.24) is 9.55 Å². The number of aromatic carboxylic acids is 1. The number of hydrogen-bond donors (Lipinski definition) is 2. The van der Waals surface area contributed by atoms with Crippen molar-refractivity contribution >= 4 is 22.6 Å². The predicted molar refractivity (Wildman–Crippen MR) is 118 cm³/mol. The third-order valence-corrected chi connectivity index (χ3v) is 6.23. The van der Waals surface area contributed by atoms with Crippen molar-refractivity contribution in [3.8, 4) is 0 Å². The molecule has 3 aromatic rings. The molecular formula is C24H24FN3O4. The summed E-state index contributed by atoms with van der Waals surface area (Å²) in [6.45, 7) is 2.95. The molecule has 0 radical (unpaired) electrons. The largest absolute Gasteiger partial charge is 0.478 e. The van der Waals surface area contributed by atoms with Crippen LogP contribution in [0.5, 0.6) is 0 Å². The number of carboxylic acid groups (broad SMARTS) is 1. The number of ether oxygens (including phenoxy) is 1. The van der Waals surface area contributed by atoms with Gasteiger partial charge in [0, 0.05) is 29.8 Å². The second kappa shape index (κ2) is 8.02. The number of anilines is 1. The normalized spacial score (nSPS) is 19.2. The van der Waals surface area contributed by atoms with Gasteiger partial charge in [0.2, 0.25) is 0 Å². The monoisotopic (exact) mass is 437 g/mol. The fourth-order valence-corrected chi connectivity index (χ4v) is 4.46. The van der Waals surface area contributed by atoms with Crippen LogP contribution in [0.25, 0.3) is 10.9 Å². The first-order valence-electron chi connectivity index (χ1n) is 10.9. The van der Waals surface area contributed by atoms with Gasteiger partial charge in [0.15, 0.2) is 0 Å². The highest BCUT2D eigenvalue weighted by Crippen LogP contribution is 2.38. The Labute approximate surface area is 183 Å². The molecule has 0 bridgehead atoms. The zero-order chi connectivity index (χ0) is 22.4. The molecule has 2 atom stereocenters. The Morgan fingerprint density at radius 1 is 1.28 bits per heavy atom. The van der Waals surface area contributed by atoms with E-state index in [-0.39, 0.29) is 28.5 Å². The highest BCUT2D eigenvalue weighted by Gasteiger charge is 2.33. The van der Waals surface area contributed by atoms with Crippen molar-refractivity contribution < 1.29 is 19.0 Å². The van der Waals surface area contributed by atoms with Crippen molar-refractivity contribution in [2.24, 2.45) is 0 Å². The number of halogens is 1. The molecule has 2 N–H and O–H groups in total. The SMILES string of the molecule is CC(Nc1ccccc1C(=O)O)c1cc(F)cc2c(=O)n(C3CC3)c([C@@H]3CCOC3)nc12. The van der Waals surface area contributed by atoms with Crippen molar-refractivity contribution in [2.75, 3.05) is 18.5 Å². The number of rotatable bonds is 6. The van der Waals surface area contributed by atoms with Crippen LogP contribution in [-0.2, 0) is 4.74 Å². The summed E-state index contributed by atoms with van der Waals surface area (Å²) >= 11 is 0. The van der Waals surface area contributed by atoms with Crippen LogP contribution in [0.4, 0.5) is 10.1 Å². The van der Waals surface area contributed by atoms with E-state index in [0.717, 1.165) is 19.3 Å². The number of hydrogen-bond acceptors (Lipinski definition) is 5. The second-order valence-corrected chi connectivity index (χ2v) is 8.54. The first kappa shape index (κ1) is 20.6. The summed E-state index contributed by atoms with van der Waals surface area (Å²) in [7, 11) is 0. The zero-order valence-corrected chi connectivity index (χ0v) is 17.7. The predicted octanol–water partition coefficient (Wildman–Crippen LogP) is 4.25. The molecule has 8 heteroatoms. The molecule has 1 aliphatic carbocycles. The summed E-state index contributed by atoms with van der Waals surface area (Å²) in [4.78, 5) is 29.9. The molecule has 1 saturated heterocycles. The summed E-state index contributed by atoms with van der Waals surface area (Å²) in [5.41, 5.74) is 1.27. The second-order valence-electron chi connectivity index (χ2n) is 8.54. The average Bonchev–Trinajstić information content (AvgIpc) is 3.45. The van der Waals surface area contributed by atoms with Gasteiger partial charge in [0.05, 0.1) is 29.1 Å². The molecule has 32 heavy (non-hydrogen) atoms. The van der Waals surface area contributed by atoms with Gasteiger partial charge in [-0.2, -0.15) is 0 Å². The Hall–Kier alpha value is -3.26. The first-order chi connectivity index (χ1) is 15.4. The Morgan fingerprint density at radius 3 is 2.75 bits per heavy atom. The molecule has 1 aromatic heterocycles. The fourth-order valence-electron chi connectivity index (χ4n) is 4.46. The third kappa shape index (κ3) is 3.64. The molecule has 5 rings (SSSR count). The molecule has 1 aliphatic heterocycles. The van der Waals surface area contributed by atoms with E-state index in [2.05, 4.69) is 5.32 Å². The van der Waals surface area contributed by atoms with E-state index in [1.54, 1.807) is 29.7 Å². The fraction of sp³-hybridized carbons (Fsp3) is 0.375. The van der Waals surface area contributed by atoms with Crippen LogP contribution in [-0.4, -0.2) is 33.8 Å². The van der Waals surface area contributed by atoms with Crippen LogP contribution in [0.15, 0.2) is 41.2 Å². The van der Waals surface area contributed by atoms with Gasteiger partial charge in [-0.1, -0.05) is 12.1 Å². The molecule has 2 aliphatic rings. The lowest BCUT2D eigenvalue weighted by atomic mass is 10.0. The molecule has 1 saturated carbocycles. The Kier molecular flexibility index (Phi) is 5.17.